The van der Waals surface area contributed by atoms with Gasteiger partial charge in [0.25, 0.3) is 0 Å². The minimum atomic E-state index is -3.33. The Balaban J connectivity index is 2.15. The highest BCUT2D eigenvalue weighted by molar-refractivity contribution is 7.92. The fourth-order valence-corrected chi connectivity index (χ4v) is 2.45. The zero-order valence-electron chi connectivity index (χ0n) is 11.5. The molecule has 5 nitrogen and oxygen atoms in total. The van der Waals surface area contributed by atoms with Crippen molar-refractivity contribution < 1.29 is 8.42 Å². The highest BCUT2D eigenvalue weighted by Gasteiger charge is 2.06. The number of hydrogen-bond donors (Lipinski definition) is 2. The maximum absolute atomic E-state index is 11.3. The average Bonchev–Trinajstić information content (AvgIpc) is 2.45. The zero-order valence-corrected chi connectivity index (χ0v) is 12.3. The maximum Gasteiger partial charge on any atom is 0.229 e. The van der Waals surface area contributed by atoms with Crippen LogP contribution in [0.15, 0.2) is 48.5 Å². The van der Waals surface area contributed by atoms with Crippen molar-refractivity contribution in [2.24, 2.45) is 0 Å². The summed E-state index contributed by atoms with van der Waals surface area (Å²) in [5, 5.41) is 12.0. The molecule has 0 aromatic heterocycles. The first-order chi connectivity index (χ1) is 9.98. The van der Waals surface area contributed by atoms with Gasteiger partial charge < -0.3 is 5.32 Å². The Morgan fingerprint density at radius 3 is 2.48 bits per heavy atom. The van der Waals surface area contributed by atoms with E-state index in [1.54, 1.807) is 30.3 Å². The quantitative estimate of drug-likeness (QED) is 0.889. The molecule has 0 atom stereocenters. The van der Waals surface area contributed by atoms with E-state index in [0.29, 0.717) is 23.5 Å². The molecule has 0 heterocycles. The maximum atomic E-state index is 11.3. The van der Waals surface area contributed by atoms with Crippen molar-refractivity contribution in [2.75, 3.05) is 16.3 Å². The molecule has 0 saturated carbocycles. The van der Waals surface area contributed by atoms with E-state index in [4.69, 9.17) is 5.26 Å². The number of anilines is 2. The summed E-state index contributed by atoms with van der Waals surface area (Å²) in [6.07, 6.45) is 1.11. The van der Waals surface area contributed by atoms with Crippen LogP contribution in [0.5, 0.6) is 0 Å². The SMILES string of the molecule is CS(=O)(=O)Nc1ccccc1NCc1cccc(C#N)c1. The minimum Gasteiger partial charge on any atom is -0.379 e. The van der Waals surface area contributed by atoms with Gasteiger partial charge in [-0.15, -0.1) is 0 Å². The summed E-state index contributed by atoms with van der Waals surface area (Å²) in [5.74, 6) is 0. The molecule has 2 rings (SSSR count). The summed E-state index contributed by atoms with van der Waals surface area (Å²) < 4.78 is 25.1. The first kappa shape index (κ1) is 14.9. The molecule has 6 heteroatoms. The molecule has 0 spiro atoms. The van der Waals surface area contributed by atoms with E-state index in [-0.39, 0.29) is 0 Å². The Labute approximate surface area is 124 Å². The molecule has 0 aliphatic carbocycles. The largest absolute Gasteiger partial charge is 0.379 e. The fraction of sp³-hybridized carbons (Fsp3) is 0.133. The second kappa shape index (κ2) is 6.29. The number of benzene rings is 2. The molecule has 21 heavy (non-hydrogen) atoms. The highest BCUT2D eigenvalue weighted by atomic mass is 32.2. The van der Waals surface area contributed by atoms with Crippen molar-refractivity contribution in [1.82, 2.24) is 0 Å². The van der Waals surface area contributed by atoms with E-state index in [2.05, 4.69) is 16.1 Å². The second-order valence-corrected chi connectivity index (χ2v) is 6.33. The molecule has 0 radical (unpaired) electrons. The van der Waals surface area contributed by atoms with Crippen LogP contribution in [0.1, 0.15) is 11.1 Å². The summed E-state index contributed by atoms with van der Waals surface area (Å²) in [4.78, 5) is 0. The van der Waals surface area contributed by atoms with Crippen LogP contribution in [0.25, 0.3) is 0 Å². The lowest BCUT2D eigenvalue weighted by molar-refractivity contribution is 0.607. The monoisotopic (exact) mass is 301 g/mol. The molecular formula is C15H15N3O2S. The zero-order chi connectivity index (χ0) is 15.3. The minimum absolute atomic E-state index is 0.497. The topological polar surface area (TPSA) is 82.0 Å². The molecule has 0 fully saturated rings. The number of hydrogen-bond acceptors (Lipinski definition) is 4. The number of nitrogens with zero attached hydrogens (tertiary/aromatic N) is 1. The first-order valence-corrected chi connectivity index (χ1v) is 8.17. The van der Waals surface area contributed by atoms with Crippen LogP contribution < -0.4 is 10.0 Å². The van der Waals surface area contributed by atoms with E-state index in [9.17, 15) is 8.42 Å². The van der Waals surface area contributed by atoms with Crippen molar-refractivity contribution in [2.45, 2.75) is 6.54 Å². The number of rotatable bonds is 5. The van der Waals surface area contributed by atoms with Gasteiger partial charge in [0.2, 0.25) is 10.0 Å². The number of nitrogens with one attached hydrogen (secondary N) is 2. The van der Waals surface area contributed by atoms with Crippen molar-refractivity contribution in [3.05, 3.63) is 59.7 Å². The van der Waals surface area contributed by atoms with Crippen LogP contribution in [0.3, 0.4) is 0 Å². The van der Waals surface area contributed by atoms with E-state index < -0.39 is 10.0 Å². The second-order valence-electron chi connectivity index (χ2n) is 4.59. The molecule has 2 aromatic carbocycles. The van der Waals surface area contributed by atoms with Gasteiger partial charge in [0.1, 0.15) is 0 Å². The van der Waals surface area contributed by atoms with Crippen LogP contribution in [0.4, 0.5) is 11.4 Å². The summed E-state index contributed by atoms with van der Waals surface area (Å²) in [6.45, 7) is 0.498. The molecule has 2 N–H and O–H groups in total. The van der Waals surface area contributed by atoms with Gasteiger partial charge in [-0.25, -0.2) is 8.42 Å². The third-order valence-corrected chi connectivity index (χ3v) is 3.35. The third-order valence-electron chi connectivity index (χ3n) is 2.76. The predicted molar refractivity (Wildman–Crippen MR) is 83.4 cm³/mol. The first-order valence-electron chi connectivity index (χ1n) is 6.28. The highest BCUT2D eigenvalue weighted by Crippen LogP contribution is 2.22. The average molecular weight is 301 g/mol. The number of nitriles is 1. The summed E-state index contributed by atoms with van der Waals surface area (Å²) in [7, 11) is -3.33. The van der Waals surface area contributed by atoms with Gasteiger partial charge in [0.05, 0.1) is 29.3 Å². The molecule has 0 saturated heterocycles. The summed E-state index contributed by atoms with van der Waals surface area (Å²) in [6, 6.07) is 16.4. The normalized spacial score (nSPS) is 10.7. The van der Waals surface area contributed by atoms with E-state index in [1.807, 2.05) is 18.2 Å². The van der Waals surface area contributed by atoms with Crippen molar-refractivity contribution in [3.63, 3.8) is 0 Å². The van der Waals surface area contributed by atoms with Crippen LogP contribution in [-0.4, -0.2) is 14.7 Å². The third kappa shape index (κ3) is 4.51. The lowest BCUT2D eigenvalue weighted by Gasteiger charge is -2.12. The van der Waals surface area contributed by atoms with Crippen LogP contribution in [0, 0.1) is 11.3 Å². The molecule has 0 aliphatic heterocycles. The lowest BCUT2D eigenvalue weighted by Crippen LogP contribution is -2.11. The van der Waals surface area contributed by atoms with Crippen LogP contribution in [-0.2, 0) is 16.6 Å². The van der Waals surface area contributed by atoms with Gasteiger partial charge in [0, 0.05) is 6.54 Å². The standard InChI is InChI=1S/C15H15N3O2S/c1-21(19,20)18-15-8-3-2-7-14(15)17-11-13-6-4-5-12(9-13)10-16/h2-9,17-18H,11H2,1H3. The van der Waals surface area contributed by atoms with Gasteiger partial charge in [0.15, 0.2) is 0 Å². The van der Waals surface area contributed by atoms with Crippen LogP contribution in [0.2, 0.25) is 0 Å². The molecular weight excluding hydrogens is 286 g/mol. The summed E-state index contributed by atoms with van der Waals surface area (Å²) >= 11 is 0. The molecule has 2 aromatic rings. The Morgan fingerprint density at radius 1 is 1.10 bits per heavy atom. The Kier molecular flexibility index (Phi) is 4.45. The lowest BCUT2D eigenvalue weighted by atomic mass is 10.1. The van der Waals surface area contributed by atoms with Gasteiger partial charge in [-0.2, -0.15) is 5.26 Å². The van der Waals surface area contributed by atoms with Crippen molar-refractivity contribution >= 4 is 21.4 Å². The van der Waals surface area contributed by atoms with Crippen LogP contribution >= 0.6 is 0 Å². The molecule has 0 bridgehead atoms. The van der Waals surface area contributed by atoms with Gasteiger partial charge in [-0.1, -0.05) is 24.3 Å². The Bertz CT molecular complexity index is 780. The van der Waals surface area contributed by atoms with Gasteiger partial charge >= 0.3 is 0 Å². The molecule has 0 aliphatic rings. The number of sulfonamides is 1. The molecule has 108 valence electrons. The Morgan fingerprint density at radius 2 is 1.81 bits per heavy atom. The van der Waals surface area contributed by atoms with Gasteiger partial charge in [-0.05, 0) is 29.8 Å². The van der Waals surface area contributed by atoms with E-state index in [1.165, 1.54) is 0 Å². The number of para-hydroxylation sites is 2. The van der Waals surface area contributed by atoms with Crippen molar-refractivity contribution in [1.29, 1.82) is 5.26 Å². The van der Waals surface area contributed by atoms with E-state index in [0.717, 1.165) is 11.8 Å². The fourth-order valence-electron chi connectivity index (χ4n) is 1.87. The molecule has 0 amide bonds. The smallest absolute Gasteiger partial charge is 0.229 e. The molecule has 0 unspecified atom stereocenters. The Hall–Kier alpha value is -2.52. The van der Waals surface area contributed by atoms with E-state index >= 15 is 0 Å². The van der Waals surface area contributed by atoms with Gasteiger partial charge in [-0.3, -0.25) is 4.72 Å². The van der Waals surface area contributed by atoms with Crippen molar-refractivity contribution in [3.8, 4) is 6.07 Å². The predicted octanol–water partition coefficient (Wildman–Crippen LogP) is 2.54. The summed E-state index contributed by atoms with van der Waals surface area (Å²) in [5.41, 5.74) is 2.72.